The molecular weight excluding hydrogens is 286 g/mol. The van der Waals surface area contributed by atoms with Gasteiger partial charge in [0, 0.05) is 23.2 Å². The fourth-order valence-electron chi connectivity index (χ4n) is 1.85. The molecule has 8 heteroatoms. The third-order valence-corrected chi connectivity index (χ3v) is 2.71. The van der Waals surface area contributed by atoms with Gasteiger partial charge in [-0.2, -0.15) is 5.10 Å². The van der Waals surface area contributed by atoms with Gasteiger partial charge in [-0.05, 0) is 32.9 Å². The quantitative estimate of drug-likeness (QED) is 0.660. The molecule has 0 saturated carbocycles. The van der Waals surface area contributed by atoms with Crippen LogP contribution in [0.3, 0.4) is 0 Å². The fraction of sp³-hybridized carbons (Fsp3) is 0.357. The second-order valence-corrected chi connectivity index (χ2v) is 5.88. The first-order valence-corrected chi connectivity index (χ1v) is 6.72. The van der Waals surface area contributed by atoms with Gasteiger partial charge in [0.1, 0.15) is 5.82 Å². The zero-order valence-corrected chi connectivity index (χ0v) is 12.6. The lowest BCUT2D eigenvalue weighted by Crippen LogP contribution is -2.41. The monoisotopic (exact) mass is 303 g/mol. The number of nitro groups is 1. The maximum absolute atomic E-state index is 11.8. The van der Waals surface area contributed by atoms with Crippen LogP contribution in [0.25, 0.3) is 11.4 Å². The molecular formula is C14H17N5O3. The highest BCUT2D eigenvalue weighted by molar-refractivity contribution is 5.78. The topological polar surface area (TPSA) is 114 Å². The lowest BCUT2D eigenvalue weighted by Gasteiger charge is -2.19. The molecule has 0 atom stereocenters. The van der Waals surface area contributed by atoms with Crippen molar-refractivity contribution in [1.82, 2.24) is 20.5 Å². The number of aromatic nitrogens is 3. The van der Waals surface area contributed by atoms with Gasteiger partial charge in [-0.15, -0.1) is 0 Å². The van der Waals surface area contributed by atoms with Gasteiger partial charge in [0.25, 0.3) is 5.69 Å². The molecule has 2 aromatic rings. The standard InChI is InChI=1S/C14H17N5O3/c1-14(2,3)16-12(20)8-11-15-13(18-17-11)9-4-6-10(7-5-9)19(21)22/h4-7H,8H2,1-3H3,(H,16,20)(H,15,17,18). The molecule has 2 rings (SSSR count). The van der Waals surface area contributed by atoms with Crippen LogP contribution in [0.2, 0.25) is 0 Å². The first-order valence-electron chi connectivity index (χ1n) is 6.72. The zero-order valence-electron chi connectivity index (χ0n) is 12.6. The number of rotatable bonds is 4. The lowest BCUT2D eigenvalue weighted by atomic mass is 10.1. The Hall–Kier alpha value is -2.77. The maximum Gasteiger partial charge on any atom is 0.269 e. The van der Waals surface area contributed by atoms with Crippen LogP contribution in [0, 0.1) is 10.1 Å². The summed E-state index contributed by atoms with van der Waals surface area (Å²) in [6.07, 6.45) is 0.0945. The molecule has 1 aromatic heterocycles. The van der Waals surface area contributed by atoms with E-state index in [2.05, 4.69) is 20.5 Å². The molecule has 0 aliphatic rings. The number of aromatic amines is 1. The molecule has 0 aliphatic heterocycles. The minimum Gasteiger partial charge on any atom is -0.351 e. The highest BCUT2D eigenvalue weighted by Crippen LogP contribution is 2.19. The number of carbonyl (C=O) groups is 1. The number of amides is 1. The highest BCUT2D eigenvalue weighted by atomic mass is 16.6. The van der Waals surface area contributed by atoms with Crippen LogP contribution in [0.1, 0.15) is 26.6 Å². The Bertz CT molecular complexity index is 685. The molecule has 8 nitrogen and oxygen atoms in total. The Morgan fingerprint density at radius 1 is 1.32 bits per heavy atom. The molecule has 0 fully saturated rings. The summed E-state index contributed by atoms with van der Waals surface area (Å²) in [6.45, 7) is 5.69. The van der Waals surface area contributed by atoms with E-state index in [9.17, 15) is 14.9 Å². The van der Waals surface area contributed by atoms with Crippen molar-refractivity contribution < 1.29 is 9.72 Å². The molecule has 0 bridgehead atoms. The SMILES string of the molecule is CC(C)(C)NC(=O)Cc1nc(-c2ccc([N+](=O)[O-])cc2)n[nH]1. The van der Waals surface area contributed by atoms with Crippen LogP contribution < -0.4 is 5.32 Å². The fourth-order valence-corrected chi connectivity index (χ4v) is 1.85. The summed E-state index contributed by atoms with van der Waals surface area (Å²) in [7, 11) is 0. The van der Waals surface area contributed by atoms with E-state index in [4.69, 9.17) is 0 Å². The van der Waals surface area contributed by atoms with Gasteiger partial charge in [0.05, 0.1) is 11.3 Å². The minimum atomic E-state index is -0.468. The van der Waals surface area contributed by atoms with Crippen molar-refractivity contribution in [2.45, 2.75) is 32.7 Å². The van der Waals surface area contributed by atoms with E-state index < -0.39 is 4.92 Å². The number of hydrogen-bond acceptors (Lipinski definition) is 5. The van der Waals surface area contributed by atoms with Crippen LogP contribution in [-0.4, -0.2) is 31.6 Å². The van der Waals surface area contributed by atoms with Crippen molar-refractivity contribution in [3.63, 3.8) is 0 Å². The van der Waals surface area contributed by atoms with E-state index in [-0.39, 0.29) is 23.6 Å². The first-order chi connectivity index (χ1) is 10.2. The van der Waals surface area contributed by atoms with E-state index in [0.717, 1.165) is 0 Å². The Kier molecular flexibility index (Phi) is 4.20. The van der Waals surface area contributed by atoms with Gasteiger partial charge in [-0.3, -0.25) is 20.0 Å². The normalized spacial score (nSPS) is 11.2. The average molecular weight is 303 g/mol. The summed E-state index contributed by atoms with van der Waals surface area (Å²) < 4.78 is 0. The molecule has 1 amide bonds. The summed E-state index contributed by atoms with van der Waals surface area (Å²) in [4.78, 5) is 26.2. The summed E-state index contributed by atoms with van der Waals surface area (Å²) >= 11 is 0. The second kappa shape index (κ2) is 5.92. The molecule has 1 heterocycles. The Morgan fingerprint density at radius 2 is 1.95 bits per heavy atom. The number of benzene rings is 1. The number of nitrogens with one attached hydrogen (secondary N) is 2. The predicted molar refractivity (Wildman–Crippen MR) is 80.1 cm³/mol. The number of nitro benzene ring substituents is 1. The van der Waals surface area contributed by atoms with Crippen molar-refractivity contribution in [3.05, 3.63) is 40.2 Å². The van der Waals surface area contributed by atoms with Gasteiger partial charge in [-0.25, -0.2) is 4.98 Å². The third-order valence-electron chi connectivity index (χ3n) is 2.71. The van der Waals surface area contributed by atoms with Crippen molar-refractivity contribution in [2.75, 3.05) is 0 Å². The van der Waals surface area contributed by atoms with Crippen molar-refractivity contribution in [1.29, 1.82) is 0 Å². The van der Waals surface area contributed by atoms with Crippen molar-refractivity contribution in [2.24, 2.45) is 0 Å². The number of carbonyl (C=O) groups excluding carboxylic acids is 1. The number of H-pyrrole nitrogens is 1. The summed E-state index contributed by atoms with van der Waals surface area (Å²) in [5.74, 6) is 0.683. The van der Waals surface area contributed by atoms with E-state index >= 15 is 0 Å². The minimum absolute atomic E-state index is 0.00376. The van der Waals surface area contributed by atoms with Gasteiger partial charge in [0.2, 0.25) is 5.91 Å². The van der Waals surface area contributed by atoms with Gasteiger partial charge >= 0.3 is 0 Å². The zero-order chi connectivity index (χ0) is 16.3. The molecule has 0 aliphatic carbocycles. The number of hydrogen-bond donors (Lipinski definition) is 2. The number of nitrogens with zero attached hydrogens (tertiary/aromatic N) is 3. The average Bonchev–Trinajstić information content (AvgIpc) is 2.85. The summed E-state index contributed by atoms with van der Waals surface area (Å²) in [5, 5.41) is 20.2. The highest BCUT2D eigenvalue weighted by Gasteiger charge is 2.16. The first kappa shape index (κ1) is 15.6. The molecule has 0 spiro atoms. The van der Waals surface area contributed by atoms with Gasteiger partial charge < -0.3 is 5.32 Å². The smallest absolute Gasteiger partial charge is 0.269 e. The largest absolute Gasteiger partial charge is 0.351 e. The molecule has 1 aromatic carbocycles. The van der Waals surface area contributed by atoms with Crippen LogP contribution in [0.15, 0.2) is 24.3 Å². The van der Waals surface area contributed by atoms with Crippen molar-refractivity contribution in [3.8, 4) is 11.4 Å². The third kappa shape index (κ3) is 4.11. The summed E-state index contributed by atoms with van der Waals surface area (Å²) in [6, 6.07) is 5.91. The summed E-state index contributed by atoms with van der Waals surface area (Å²) in [5.41, 5.74) is 0.339. The second-order valence-electron chi connectivity index (χ2n) is 5.88. The van der Waals surface area contributed by atoms with Crippen molar-refractivity contribution >= 4 is 11.6 Å². The van der Waals surface area contributed by atoms with E-state index in [1.165, 1.54) is 12.1 Å². The molecule has 0 unspecified atom stereocenters. The van der Waals surface area contributed by atoms with E-state index in [1.54, 1.807) is 12.1 Å². The lowest BCUT2D eigenvalue weighted by molar-refractivity contribution is -0.384. The van der Waals surface area contributed by atoms with E-state index in [0.29, 0.717) is 17.2 Å². The molecule has 116 valence electrons. The number of non-ortho nitro benzene ring substituents is 1. The molecule has 0 saturated heterocycles. The van der Waals surface area contributed by atoms with Crippen LogP contribution in [0.4, 0.5) is 5.69 Å². The van der Waals surface area contributed by atoms with Gasteiger partial charge in [-0.1, -0.05) is 0 Å². The molecule has 2 N–H and O–H groups in total. The van der Waals surface area contributed by atoms with Crippen LogP contribution in [0.5, 0.6) is 0 Å². The van der Waals surface area contributed by atoms with Crippen LogP contribution in [-0.2, 0) is 11.2 Å². The Labute approximate surface area is 127 Å². The maximum atomic E-state index is 11.8. The predicted octanol–water partition coefficient (Wildman–Crippen LogP) is 1.84. The molecule has 0 radical (unpaired) electrons. The Morgan fingerprint density at radius 3 is 2.50 bits per heavy atom. The van der Waals surface area contributed by atoms with Gasteiger partial charge in [0.15, 0.2) is 5.82 Å². The molecule has 22 heavy (non-hydrogen) atoms. The van der Waals surface area contributed by atoms with Crippen LogP contribution >= 0.6 is 0 Å². The van der Waals surface area contributed by atoms with E-state index in [1.807, 2.05) is 20.8 Å². The Balaban J connectivity index is 2.08.